The Morgan fingerprint density at radius 2 is 1.78 bits per heavy atom. The smallest absolute Gasteiger partial charge is 0.191 e. The van der Waals surface area contributed by atoms with Crippen molar-refractivity contribution in [1.82, 2.24) is 10.6 Å². The number of para-hydroxylation sites is 1. The maximum atomic E-state index is 5.63. The van der Waals surface area contributed by atoms with Gasteiger partial charge in [0, 0.05) is 13.6 Å². The number of hydrogen-bond donors (Lipinski definition) is 2. The molecule has 0 aliphatic carbocycles. The minimum Gasteiger partial charge on any atom is -0.497 e. The maximum absolute atomic E-state index is 5.63. The third-order valence-electron chi connectivity index (χ3n) is 3.22. The Morgan fingerprint density at radius 1 is 1.00 bits per heavy atom. The number of nitrogens with one attached hydrogen (secondary N) is 2. The summed E-state index contributed by atoms with van der Waals surface area (Å²) in [4.78, 5) is 4.20. The summed E-state index contributed by atoms with van der Waals surface area (Å²) >= 11 is 0. The first-order valence-corrected chi connectivity index (χ1v) is 7.57. The third kappa shape index (κ3) is 5.90. The van der Waals surface area contributed by atoms with E-state index in [1.54, 1.807) is 14.2 Å². The van der Waals surface area contributed by atoms with Crippen LogP contribution in [0.3, 0.4) is 0 Å². The van der Waals surface area contributed by atoms with Crippen molar-refractivity contribution in [3.05, 3.63) is 60.2 Å². The van der Waals surface area contributed by atoms with Crippen LogP contribution in [0.4, 0.5) is 0 Å². The minimum atomic E-state index is 0.573. The van der Waals surface area contributed by atoms with Crippen LogP contribution in [0.2, 0.25) is 0 Å². The molecule has 5 heteroatoms. The van der Waals surface area contributed by atoms with Crippen LogP contribution in [-0.4, -0.2) is 33.3 Å². The molecule has 2 aromatic rings. The SMILES string of the molecule is CN=C(NCCOc1ccccc1)NCc1cccc(OC)c1. The first-order valence-electron chi connectivity index (χ1n) is 7.57. The lowest BCUT2D eigenvalue weighted by Crippen LogP contribution is -2.38. The highest BCUT2D eigenvalue weighted by Crippen LogP contribution is 2.12. The zero-order chi connectivity index (χ0) is 16.3. The highest BCUT2D eigenvalue weighted by molar-refractivity contribution is 5.79. The van der Waals surface area contributed by atoms with Crippen LogP contribution in [0, 0.1) is 0 Å². The van der Waals surface area contributed by atoms with E-state index < -0.39 is 0 Å². The summed E-state index contributed by atoms with van der Waals surface area (Å²) < 4.78 is 10.9. The van der Waals surface area contributed by atoms with Gasteiger partial charge in [-0.3, -0.25) is 4.99 Å². The van der Waals surface area contributed by atoms with E-state index in [0.717, 1.165) is 23.0 Å². The summed E-state index contributed by atoms with van der Waals surface area (Å²) in [6.07, 6.45) is 0. The second-order valence-electron chi connectivity index (χ2n) is 4.87. The second-order valence-corrected chi connectivity index (χ2v) is 4.87. The molecular weight excluding hydrogens is 290 g/mol. The molecule has 0 fully saturated rings. The van der Waals surface area contributed by atoms with Crippen LogP contribution in [0.1, 0.15) is 5.56 Å². The Balaban J connectivity index is 1.71. The highest BCUT2D eigenvalue weighted by Gasteiger charge is 2.00. The van der Waals surface area contributed by atoms with E-state index in [2.05, 4.69) is 15.6 Å². The lowest BCUT2D eigenvalue weighted by atomic mass is 10.2. The first-order chi connectivity index (χ1) is 11.3. The molecule has 0 amide bonds. The molecule has 0 aliphatic rings. The normalized spacial score (nSPS) is 11.0. The van der Waals surface area contributed by atoms with Crippen molar-refractivity contribution < 1.29 is 9.47 Å². The summed E-state index contributed by atoms with van der Waals surface area (Å²) in [5.74, 6) is 2.46. The number of guanidine groups is 1. The van der Waals surface area contributed by atoms with Gasteiger partial charge < -0.3 is 20.1 Å². The summed E-state index contributed by atoms with van der Waals surface area (Å²) in [5.41, 5.74) is 1.13. The lowest BCUT2D eigenvalue weighted by molar-refractivity contribution is 0.322. The highest BCUT2D eigenvalue weighted by atomic mass is 16.5. The molecule has 0 saturated carbocycles. The molecule has 0 bridgehead atoms. The number of benzene rings is 2. The van der Waals surface area contributed by atoms with E-state index in [1.807, 2.05) is 54.6 Å². The Kier molecular flexibility index (Phi) is 6.78. The summed E-state index contributed by atoms with van der Waals surface area (Å²) in [5, 5.41) is 6.48. The van der Waals surface area contributed by atoms with Crippen LogP contribution < -0.4 is 20.1 Å². The molecule has 122 valence electrons. The molecular formula is C18H23N3O2. The van der Waals surface area contributed by atoms with Crippen LogP contribution in [0.15, 0.2) is 59.6 Å². The Morgan fingerprint density at radius 3 is 2.52 bits per heavy atom. The van der Waals surface area contributed by atoms with Gasteiger partial charge in [0.05, 0.1) is 13.7 Å². The number of aliphatic imine (C=N–C) groups is 1. The van der Waals surface area contributed by atoms with Gasteiger partial charge in [0.15, 0.2) is 5.96 Å². The Labute approximate surface area is 137 Å². The molecule has 0 saturated heterocycles. The molecule has 2 N–H and O–H groups in total. The van der Waals surface area contributed by atoms with Crippen molar-refractivity contribution in [2.75, 3.05) is 27.3 Å². The molecule has 0 radical (unpaired) electrons. The average molecular weight is 313 g/mol. The number of hydrogen-bond acceptors (Lipinski definition) is 3. The number of rotatable bonds is 7. The van der Waals surface area contributed by atoms with E-state index in [-0.39, 0.29) is 0 Å². The number of nitrogens with zero attached hydrogens (tertiary/aromatic N) is 1. The molecule has 0 spiro atoms. The van der Waals surface area contributed by atoms with Crippen LogP contribution in [0.5, 0.6) is 11.5 Å². The Bertz CT molecular complexity index is 615. The fourth-order valence-electron chi connectivity index (χ4n) is 2.04. The van der Waals surface area contributed by atoms with Crippen molar-refractivity contribution >= 4 is 5.96 Å². The fraction of sp³-hybridized carbons (Fsp3) is 0.278. The van der Waals surface area contributed by atoms with E-state index >= 15 is 0 Å². The van der Waals surface area contributed by atoms with Gasteiger partial charge in [-0.25, -0.2) is 0 Å². The minimum absolute atomic E-state index is 0.573. The molecule has 23 heavy (non-hydrogen) atoms. The standard InChI is InChI=1S/C18H23N3O2/c1-19-18(20-11-12-23-16-8-4-3-5-9-16)21-14-15-7-6-10-17(13-15)22-2/h3-10,13H,11-12,14H2,1-2H3,(H2,19,20,21). The van der Waals surface area contributed by atoms with Crippen molar-refractivity contribution in [2.24, 2.45) is 4.99 Å². The van der Waals surface area contributed by atoms with E-state index in [4.69, 9.17) is 9.47 Å². The first kappa shape index (κ1) is 16.7. The molecule has 0 aliphatic heterocycles. The van der Waals surface area contributed by atoms with Crippen molar-refractivity contribution in [1.29, 1.82) is 0 Å². The van der Waals surface area contributed by atoms with Crippen LogP contribution >= 0.6 is 0 Å². The van der Waals surface area contributed by atoms with Gasteiger partial charge in [0.2, 0.25) is 0 Å². The van der Waals surface area contributed by atoms with E-state index in [0.29, 0.717) is 19.7 Å². The lowest BCUT2D eigenvalue weighted by Gasteiger charge is -2.13. The molecule has 5 nitrogen and oxygen atoms in total. The third-order valence-corrected chi connectivity index (χ3v) is 3.22. The summed E-state index contributed by atoms with van der Waals surface area (Å²) in [7, 11) is 3.42. The fourth-order valence-corrected chi connectivity index (χ4v) is 2.04. The predicted octanol–water partition coefficient (Wildman–Crippen LogP) is 2.44. The molecule has 0 heterocycles. The van der Waals surface area contributed by atoms with E-state index in [1.165, 1.54) is 0 Å². The van der Waals surface area contributed by atoms with Crippen LogP contribution in [-0.2, 0) is 6.54 Å². The van der Waals surface area contributed by atoms with Gasteiger partial charge >= 0.3 is 0 Å². The van der Waals surface area contributed by atoms with Gasteiger partial charge in [0.1, 0.15) is 18.1 Å². The van der Waals surface area contributed by atoms with Crippen LogP contribution in [0.25, 0.3) is 0 Å². The molecule has 0 atom stereocenters. The second kappa shape index (κ2) is 9.35. The van der Waals surface area contributed by atoms with Gasteiger partial charge in [-0.1, -0.05) is 30.3 Å². The number of ether oxygens (including phenoxy) is 2. The van der Waals surface area contributed by atoms with Crippen molar-refractivity contribution in [3.8, 4) is 11.5 Å². The van der Waals surface area contributed by atoms with E-state index in [9.17, 15) is 0 Å². The summed E-state index contributed by atoms with van der Waals surface area (Å²) in [6.45, 7) is 1.92. The van der Waals surface area contributed by atoms with Gasteiger partial charge in [-0.05, 0) is 29.8 Å². The maximum Gasteiger partial charge on any atom is 0.191 e. The molecule has 0 aromatic heterocycles. The Hall–Kier alpha value is -2.69. The predicted molar refractivity (Wildman–Crippen MR) is 93.1 cm³/mol. The van der Waals surface area contributed by atoms with Gasteiger partial charge in [-0.15, -0.1) is 0 Å². The molecule has 2 aromatic carbocycles. The van der Waals surface area contributed by atoms with Gasteiger partial charge in [0.25, 0.3) is 0 Å². The van der Waals surface area contributed by atoms with Gasteiger partial charge in [-0.2, -0.15) is 0 Å². The van der Waals surface area contributed by atoms with Crippen molar-refractivity contribution in [3.63, 3.8) is 0 Å². The zero-order valence-corrected chi connectivity index (χ0v) is 13.6. The zero-order valence-electron chi connectivity index (χ0n) is 13.6. The quantitative estimate of drug-likeness (QED) is 0.468. The molecule has 0 unspecified atom stereocenters. The largest absolute Gasteiger partial charge is 0.497 e. The summed E-state index contributed by atoms with van der Waals surface area (Å²) in [6, 6.07) is 17.7. The average Bonchev–Trinajstić information content (AvgIpc) is 2.62. The number of methoxy groups -OCH3 is 1. The monoisotopic (exact) mass is 313 g/mol. The molecule has 2 rings (SSSR count). The topological polar surface area (TPSA) is 54.9 Å². The van der Waals surface area contributed by atoms with Crippen molar-refractivity contribution in [2.45, 2.75) is 6.54 Å².